The van der Waals surface area contributed by atoms with E-state index in [1.165, 1.54) is 64.6 Å². The van der Waals surface area contributed by atoms with Crippen molar-refractivity contribution >= 4 is 5.96 Å². The third-order valence-corrected chi connectivity index (χ3v) is 5.58. The molecule has 0 spiro atoms. The fourth-order valence-corrected chi connectivity index (χ4v) is 3.78. The van der Waals surface area contributed by atoms with Crippen LogP contribution in [0.3, 0.4) is 0 Å². The summed E-state index contributed by atoms with van der Waals surface area (Å²) in [6.45, 7) is 9.47. The highest BCUT2D eigenvalue weighted by Crippen LogP contribution is 2.23. The molecule has 2 N–H and O–H groups in total. The zero-order chi connectivity index (χ0) is 15.8. The maximum Gasteiger partial charge on any atom is 0.191 e. The summed E-state index contributed by atoms with van der Waals surface area (Å²) in [5.41, 5.74) is 0. The molecule has 0 radical (unpaired) electrons. The molecule has 2 aliphatic rings. The van der Waals surface area contributed by atoms with Gasteiger partial charge in [0, 0.05) is 19.6 Å². The van der Waals surface area contributed by atoms with E-state index >= 15 is 0 Å². The molecule has 128 valence electrons. The number of aliphatic imine (C=N–C) groups is 1. The van der Waals surface area contributed by atoms with Gasteiger partial charge in [0.1, 0.15) is 0 Å². The van der Waals surface area contributed by atoms with Crippen molar-refractivity contribution < 1.29 is 0 Å². The van der Waals surface area contributed by atoms with Crippen LogP contribution in [0.5, 0.6) is 0 Å². The summed E-state index contributed by atoms with van der Waals surface area (Å²) < 4.78 is 0. The molecule has 1 heterocycles. The molecule has 0 aromatic rings. The van der Waals surface area contributed by atoms with Gasteiger partial charge >= 0.3 is 0 Å². The van der Waals surface area contributed by atoms with E-state index in [1.54, 1.807) is 0 Å². The van der Waals surface area contributed by atoms with Gasteiger partial charge in [-0.3, -0.25) is 4.99 Å². The second-order valence-corrected chi connectivity index (χ2v) is 7.27. The van der Waals surface area contributed by atoms with Crippen LogP contribution in [-0.4, -0.2) is 50.1 Å². The minimum atomic E-state index is 0.621. The molecule has 1 aliphatic heterocycles. The summed E-state index contributed by atoms with van der Waals surface area (Å²) in [5, 5.41) is 7.14. The van der Waals surface area contributed by atoms with Crippen molar-refractivity contribution in [3.8, 4) is 0 Å². The van der Waals surface area contributed by atoms with Gasteiger partial charge in [0.05, 0.1) is 0 Å². The SMILES string of the molecule is CCN1CCC(CCNC(=NC)NC2CCC(C)CC2)CC1. The van der Waals surface area contributed by atoms with Gasteiger partial charge in [0.2, 0.25) is 0 Å². The lowest BCUT2D eigenvalue weighted by Gasteiger charge is -2.31. The summed E-state index contributed by atoms with van der Waals surface area (Å²) >= 11 is 0. The van der Waals surface area contributed by atoms with Crippen LogP contribution in [-0.2, 0) is 0 Å². The molecular weight excluding hydrogens is 272 g/mol. The summed E-state index contributed by atoms with van der Waals surface area (Å²) in [7, 11) is 1.89. The monoisotopic (exact) mass is 308 g/mol. The summed E-state index contributed by atoms with van der Waals surface area (Å²) in [6, 6.07) is 0.621. The van der Waals surface area contributed by atoms with Gasteiger partial charge in [0.15, 0.2) is 5.96 Å². The first kappa shape index (κ1) is 17.6. The fraction of sp³-hybridized carbons (Fsp3) is 0.944. The second-order valence-electron chi connectivity index (χ2n) is 7.27. The Bertz CT molecular complexity index is 326. The zero-order valence-corrected chi connectivity index (χ0v) is 14.9. The van der Waals surface area contributed by atoms with E-state index in [1.807, 2.05) is 7.05 Å². The van der Waals surface area contributed by atoms with Crippen LogP contribution in [0.2, 0.25) is 0 Å². The fourth-order valence-electron chi connectivity index (χ4n) is 3.78. The number of rotatable bonds is 5. The Hall–Kier alpha value is -0.770. The molecule has 1 saturated carbocycles. The van der Waals surface area contributed by atoms with Crippen molar-refractivity contribution in [1.29, 1.82) is 0 Å². The van der Waals surface area contributed by atoms with Gasteiger partial charge in [-0.1, -0.05) is 13.8 Å². The van der Waals surface area contributed by atoms with Crippen LogP contribution in [0.25, 0.3) is 0 Å². The molecule has 22 heavy (non-hydrogen) atoms. The highest BCUT2D eigenvalue weighted by atomic mass is 15.2. The number of guanidine groups is 1. The van der Waals surface area contributed by atoms with Gasteiger partial charge < -0.3 is 15.5 Å². The average Bonchev–Trinajstić information content (AvgIpc) is 2.56. The normalized spacial score (nSPS) is 28.6. The minimum absolute atomic E-state index is 0.621. The van der Waals surface area contributed by atoms with Crippen molar-refractivity contribution in [1.82, 2.24) is 15.5 Å². The lowest BCUT2D eigenvalue weighted by Crippen LogP contribution is -2.45. The Labute approximate surface area is 137 Å². The molecule has 2 rings (SSSR count). The van der Waals surface area contributed by atoms with Crippen LogP contribution >= 0.6 is 0 Å². The van der Waals surface area contributed by atoms with Crippen molar-refractivity contribution in [2.24, 2.45) is 16.8 Å². The van der Waals surface area contributed by atoms with Crippen molar-refractivity contribution in [3.63, 3.8) is 0 Å². The van der Waals surface area contributed by atoms with Crippen LogP contribution in [0.15, 0.2) is 4.99 Å². The number of nitrogens with zero attached hydrogens (tertiary/aromatic N) is 2. The molecule has 0 amide bonds. The number of likely N-dealkylation sites (tertiary alicyclic amines) is 1. The van der Waals surface area contributed by atoms with Crippen LogP contribution < -0.4 is 10.6 Å². The highest BCUT2D eigenvalue weighted by Gasteiger charge is 2.20. The van der Waals surface area contributed by atoms with Crippen LogP contribution in [0.4, 0.5) is 0 Å². The topological polar surface area (TPSA) is 39.7 Å². The molecule has 1 saturated heterocycles. The summed E-state index contributed by atoms with van der Waals surface area (Å²) in [5.74, 6) is 2.80. The van der Waals surface area contributed by atoms with E-state index in [0.29, 0.717) is 6.04 Å². The molecule has 0 aromatic heterocycles. The molecular formula is C18H36N4. The molecule has 0 aromatic carbocycles. The molecule has 1 aliphatic carbocycles. The zero-order valence-electron chi connectivity index (χ0n) is 14.9. The standard InChI is InChI=1S/C18H36N4/c1-4-22-13-10-16(11-14-22)9-12-20-18(19-3)21-17-7-5-15(2)6-8-17/h15-17H,4-14H2,1-3H3,(H2,19,20,21). The first-order valence-electron chi connectivity index (χ1n) is 9.40. The van der Waals surface area contributed by atoms with Gasteiger partial charge in [0.25, 0.3) is 0 Å². The van der Waals surface area contributed by atoms with Crippen LogP contribution in [0, 0.1) is 11.8 Å². The third kappa shape index (κ3) is 5.79. The van der Waals surface area contributed by atoms with E-state index in [4.69, 9.17) is 0 Å². The van der Waals surface area contributed by atoms with Gasteiger partial charge in [-0.2, -0.15) is 0 Å². The van der Waals surface area contributed by atoms with Crippen LogP contribution in [0.1, 0.15) is 58.8 Å². The quantitative estimate of drug-likeness (QED) is 0.606. The smallest absolute Gasteiger partial charge is 0.191 e. The van der Waals surface area contributed by atoms with Crippen molar-refractivity contribution in [2.45, 2.75) is 64.8 Å². The molecule has 0 atom stereocenters. The lowest BCUT2D eigenvalue weighted by molar-refractivity contribution is 0.187. The third-order valence-electron chi connectivity index (χ3n) is 5.58. The first-order valence-corrected chi connectivity index (χ1v) is 9.40. The number of nitrogens with one attached hydrogen (secondary N) is 2. The largest absolute Gasteiger partial charge is 0.356 e. The number of hydrogen-bond donors (Lipinski definition) is 2. The van der Waals surface area contributed by atoms with E-state index < -0.39 is 0 Å². The van der Waals surface area contributed by atoms with Crippen molar-refractivity contribution in [3.05, 3.63) is 0 Å². The Morgan fingerprint density at radius 2 is 1.77 bits per heavy atom. The average molecular weight is 309 g/mol. The van der Waals surface area contributed by atoms with Gasteiger partial charge in [-0.25, -0.2) is 0 Å². The Balaban J connectivity index is 1.60. The highest BCUT2D eigenvalue weighted by molar-refractivity contribution is 5.79. The predicted octanol–water partition coefficient (Wildman–Crippen LogP) is 2.85. The Morgan fingerprint density at radius 1 is 1.09 bits per heavy atom. The first-order chi connectivity index (χ1) is 10.7. The lowest BCUT2D eigenvalue weighted by atomic mass is 9.87. The summed E-state index contributed by atoms with van der Waals surface area (Å²) in [4.78, 5) is 6.96. The Morgan fingerprint density at radius 3 is 2.36 bits per heavy atom. The predicted molar refractivity (Wildman–Crippen MR) is 95.4 cm³/mol. The summed E-state index contributed by atoms with van der Waals surface area (Å²) in [6.07, 6.45) is 9.29. The molecule has 0 unspecified atom stereocenters. The second kappa shape index (κ2) is 9.39. The molecule has 0 bridgehead atoms. The van der Waals surface area contributed by atoms with E-state index in [0.717, 1.165) is 24.3 Å². The molecule has 4 heteroatoms. The number of hydrogen-bond acceptors (Lipinski definition) is 2. The van der Waals surface area contributed by atoms with Gasteiger partial charge in [-0.05, 0) is 76.4 Å². The van der Waals surface area contributed by atoms with E-state index in [2.05, 4.69) is 34.4 Å². The van der Waals surface area contributed by atoms with Crippen molar-refractivity contribution in [2.75, 3.05) is 33.2 Å². The molecule has 2 fully saturated rings. The van der Waals surface area contributed by atoms with E-state index in [9.17, 15) is 0 Å². The van der Waals surface area contributed by atoms with E-state index in [-0.39, 0.29) is 0 Å². The maximum absolute atomic E-state index is 4.40. The molecule has 4 nitrogen and oxygen atoms in total. The number of piperidine rings is 1. The van der Waals surface area contributed by atoms with Gasteiger partial charge in [-0.15, -0.1) is 0 Å². The Kier molecular flexibility index (Phi) is 7.50. The maximum atomic E-state index is 4.40. The minimum Gasteiger partial charge on any atom is -0.356 e.